The number of fused-ring (bicyclic) bond motifs is 1. The zero-order chi connectivity index (χ0) is 13.5. The van der Waals surface area contributed by atoms with Crippen molar-refractivity contribution in [2.24, 2.45) is 0 Å². The highest BCUT2D eigenvalue weighted by Crippen LogP contribution is 2.35. The molecule has 1 saturated heterocycles. The van der Waals surface area contributed by atoms with Gasteiger partial charge in [0.15, 0.2) is 0 Å². The van der Waals surface area contributed by atoms with Crippen LogP contribution in [-0.2, 0) is 4.74 Å². The van der Waals surface area contributed by atoms with Gasteiger partial charge in [-0.2, -0.15) is 0 Å². The van der Waals surface area contributed by atoms with E-state index < -0.39 is 0 Å². The molecule has 1 fully saturated rings. The molecule has 1 N–H and O–H groups in total. The molecule has 1 aromatic heterocycles. The van der Waals surface area contributed by atoms with Gasteiger partial charge in [0.1, 0.15) is 5.52 Å². The minimum atomic E-state index is -0.0711. The maximum Gasteiger partial charge on any atom is 0.106 e. The second-order valence-electron chi connectivity index (χ2n) is 5.56. The highest BCUT2D eigenvalue weighted by Gasteiger charge is 2.29. The zero-order valence-corrected chi connectivity index (χ0v) is 12.6. The molecule has 0 aliphatic carbocycles. The Morgan fingerprint density at radius 3 is 3.11 bits per heavy atom. The Morgan fingerprint density at radius 2 is 2.32 bits per heavy atom. The fourth-order valence-electron chi connectivity index (χ4n) is 2.60. The first-order chi connectivity index (χ1) is 9.05. The van der Waals surface area contributed by atoms with Gasteiger partial charge >= 0.3 is 0 Å². The van der Waals surface area contributed by atoms with Gasteiger partial charge in [0.05, 0.1) is 26.5 Å². The lowest BCUT2D eigenvalue weighted by Gasteiger charge is -2.36. The molecule has 1 atom stereocenters. The fourth-order valence-corrected chi connectivity index (χ4v) is 3.49. The van der Waals surface area contributed by atoms with Crippen molar-refractivity contribution in [2.75, 3.05) is 11.9 Å². The van der Waals surface area contributed by atoms with E-state index in [0.29, 0.717) is 6.04 Å². The van der Waals surface area contributed by atoms with Gasteiger partial charge in [-0.25, -0.2) is 4.98 Å². The Bertz CT molecular complexity index is 596. The molecular weight excluding hydrogens is 280 g/mol. The summed E-state index contributed by atoms with van der Waals surface area (Å²) in [5.74, 6) is 0. The summed E-state index contributed by atoms with van der Waals surface area (Å²) in [6.45, 7) is 5.05. The Labute approximate surface area is 121 Å². The van der Waals surface area contributed by atoms with Crippen LogP contribution in [0.1, 0.15) is 26.7 Å². The minimum absolute atomic E-state index is 0.0711. The summed E-state index contributed by atoms with van der Waals surface area (Å²) in [6, 6.07) is 4.34. The first-order valence-corrected chi connectivity index (χ1v) is 7.73. The van der Waals surface area contributed by atoms with Gasteiger partial charge in [0, 0.05) is 12.6 Å². The summed E-state index contributed by atoms with van der Waals surface area (Å²) in [4.78, 5) is 4.42. The highest BCUT2D eigenvalue weighted by molar-refractivity contribution is 7.16. The molecule has 5 heteroatoms. The standard InChI is InChI=1S/C14H17ClN2OS/c1-14(2)7-9(5-6-18-14)17-12-10(15)3-4-11-13(12)16-8-19-11/h3-4,8-9,17H,5-7H2,1-2H3. The summed E-state index contributed by atoms with van der Waals surface area (Å²) in [5.41, 5.74) is 3.73. The van der Waals surface area contributed by atoms with Crippen LogP contribution < -0.4 is 5.32 Å². The predicted octanol–water partition coefficient (Wildman–Crippen LogP) is 4.32. The lowest BCUT2D eigenvalue weighted by Crippen LogP contribution is -2.40. The normalized spacial score (nSPS) is 22.6. The molecule has 0 amide bonds. The van der Waals surface area contributed by atoms with Crippen LogP contribution in [0.2, 0.25) is 5.02 Å². The smallest absolute Gasteiger partial charge is 0.106 e. The first-order valence-electron chi connectivity index (χ1n) is 6.47. The number of rotatable bonds is 2. The monoisotopic (exact) mass is 296 g/mol. The van der Waals surface area contributed by atoms with Gasteiger partial charge in [-0.05, 0) is 38.8 Å². The van der Waals surface area contributed by atoms with Crippen molar-refractivity contribution in [1.29, 1.82) is 0 Å². The summed E-state index contributed by atoms with van der Waals surface area (Å²) in [6.07, 6.45) is 1.98. The van der Waals surface area contributed by atoms with Crippen molar-refractivity contribution in [3.05, 3.63) is 22.7 Å². The molecule has 1 unspecified atom stereocenters. The van der Waals surface area contributed by atoms with Crippen molar-refractivity contribution in [3.8, 4) is 0 Å². The maximum absolute atomic E-state index is 6.32. The van der Waals surface area contributed by atoms with Crippen molar-refractivity contribution in [1.82, 2.24) is 4.98 Å². The molecule has 2 aromatic rings. The number of nitrogens with zero attached hydrogens (tertiary/aromatic N) is 1. The molecule has 1 aliphatic rings. The van der Waals surface area contributed by atoms with E-state index in [0.717, 1.165) is 35.7 Å². The molecule has 102 valence electrons. The summed E-state index contributed by atoms with van der Waals surface area (Å²) in [5, 5.41) is 4.30. The molecule has 1 aromatic carbocycles. The van der Waals surface area contributed by atoms with E-state index in [2.05, 4.69) is 24.1 Å². The average molecular weight is 297 g/mol. The Kier molecular flexibility index (Phi) is 3.41. The Hall–Kier alpha value is -0.840. The third-order valence-corrected chi connectivity index (χ3v) is 4.61. The Morgan fingerprint density at radius 1 is 1.47 bits per heavy atom. The van der Waals surface area contributed by atoms with Crippen LogP contribution in [0.3, 0.4) is 0 Å². The maximum atomic E-state index is 6.32. The first kappa shape index (κ1) is 13.2. The lowest BCUT2D eigenvalue weighted by molar-refractivity contribution is -0.0553. The van der Waals surface area contributed by atoms with Gasteiger partial charge in [0.2, 0.25) is 0 Å². The van der Waals surface area contributed by atoms with E-state index in [9.17, 15) is 0 Å². The van der Waals surface area contributed by atoms with Crippen LogP contribution in [-0.4, -0.2) is 23.2 Å². The van der Waals surface area contributed by atoms with E-state index in [-0.39, 0.29) is 5.60 Å². The van der Waals surface area contributed by atoms with Crippen LogP contribution in [0.4, 0.5) is 5.69 Å². The van der Waals surface area contributed by atoms with Crippen LogP contribution in [0, 0.1) is 0 Å². The molecule has 19 heavy (non-hydrogen) atoms. The summed E-state index contributed by atoms with van der Waals surface area (Å²) in [7, 11) is 0. The summed E-state index contributed by atoms with van der Waals surface area (Å²) < 4.78 is 6.91. The van der Waals surface area contributed by atoms with E-state index >= 15 is 0 Å². The van der Waals surface area contributed by atoms with Crippen molar-refractivity contribution in [2.45, 2.75) is 38.3 Å². The van der Waals surface area contributed by atoms with Crippen molar-refractivity contribution < 1.29 is 4.74 Å². The second-order valence-corrected chi connectivity index (χ2v) is 6.86. The van der Waals surface area contributed by atoms with E-state index in [1.807, 2.05) is 17.6 Å². The van der Waals surface area contributed by atoms with Crippen molar-refractivity contribution >= 4 is 38.8 Å². The number of ether oxygens (including phenoxy) is 1. The van der Waals surface area contributed by atoms with Gasteiger partial charge in [-0.3, -0.25) is 0 Å². The number of thiazole rings is 1. The van der Waals surface area contributed by atoms with Crippen molar-refractivity contribution in [3.63, 3.8) is 0 Å². The molecular formula is C14H17ClN2OS. The molecule has 0 bridgehead atoms. The van der Waals surface area contributed by atoms with Gasteiger partial charge in [-0.15, -0.1) is 11.3 Å². The van der Waals surface area contributed by atoms with E-state index in [1.54, 1.807) is 11.3 Å². The molecule has 0 spiro atoms. The lowest BCUT2D eigenvalue weighted by atomic mass is 9.94. The SMILES string of the molecule is CC1(C)CC(Nc2c(Cl)ccc3scnc23)CCO1. The third-order valence-electron chi connectivity index (χ3n) is 3.50. The van der Waals surface area contributed by atoms with E-state index in [4.69, 9.17) is 16.3 Å². The third kappa shape index (κ3) is 2.71. The molecule has 3 rings (SSSR count). The van der Waals surface area contributed by atoms with Gasteiger partial charge < -0.3 is 10.1 Å². The number of halogens is 1. The van der Waals surface area contributed by atoms with Gasteiger partial charge in [0.25, 0.3) is 0 Å². The quantitative estimate of drug-likeness (QED) is 0.896. The number of nitrogens with one attached hydrogen (secondary N) is 1. The average Bonchev–Trinajstić information content (AvgIpc) is 2.80. The summed E-state index contributed by atoms with van der Waals surface area (Å²) >= 11 is 7.96. The highest BCUT2D eigenvalue weighted by atomic mass is 35.5. The van der Waals surface area contributed by atoms with Crippen LogP contribution >= 0.6 is 22.9 Å². The second kappa shape index (κ2) is 4.93. The molecule has 1 aliphatic heterocycles. The number of benzene rings is 1. The van der Waals surface area contributed by atoms with Gasteiger partial charge in [-0.1, -0.05) is 11.6 Å². The van der Waals surface area contributed by atoms with Crippen LogP contribution in [0.15, 0.2) is 17.6 Å². The number of aromatic nitrogens is 1. The Balaban J connectivity index is 1.88. The molecule has 0 radical (unpaired) electrons. The van der Waals surface area contributed by atoms with Crippen LogP contribution in [0.25, 0.3) is 10.2 Å². The molecule has 3 nitrogen and oxygen atoms in total. The van der Waals surface area contributed by atoms with E-state index in [1.165, 1.54) is 4.70 Å². The number of hydrogen-bond donors (Lipinski definition) is 1. The fraction of sp³-hybridized carbons (Fsp3) is 0.500. The zero-order valence-electron chi connectivity index (χ0n) is 11.1. The topological polar surface area (TPSA) is 34.2 Å². The minimum Gasteiger partial charge on any atom is -0.379 e. The predicted molar refractivity (Wildman–Crippen MR) is 81.3 cm³/mol. The number of hydrogen-bond acceptors (Lipinski definition) is 4. The largest absolute Gasteiger partial charge is 0.379 e. The van der Waals surface area contributed by atoms with Crippen LogP contribution in [0.5, 0.6) is 0 Å². The molecule has 2 heterocycles. The molecule has 0 saturated carbocycles. The number of anilines is 1.